The Morgan fingerprint density at radius 3 is 2.68 bits per heavy atom. The van der Waals surface area contributed by atoms with Crippen LogP contribution in [-0.4, -0.2) is 52.8 Å². The molecule has 0 aliphatic heterocycles. The molecule has 1 rings (SSSR count). The van der Waals surface area contributed by atoms with E-state index in [-0.39, 0.29) is 32.2 Å². The molecule has 0 aliphatic carbocycles. The van der Waals surface area contributed by atoms with E-state index in [1.807, 2.05) is 0 Å². The quantitative estimate of drug-likeness (QED) is 0.507. The third kappa shape index (κ3) is 7.06. The third-order valence-corrected chi connectivity index (χ3v) is 2.86. The van der Waals surface area contributed by atoms with Crippen molar-refractivity contribution in [2.75, 3.05) is 13.2 Å². The Morgan fingerprint density at radius 1 is 1.41 bits per heavy atom. The molecule has 0 bridgehead atoms. The van der Waals surface area contributed by atoms with E-state index in [1.54, 1.807) is 31.2 Å². The van der Waals surface area contributed by atoms with Crippen molar-refractivity contribution in [1.82, 2.24) is 0 Å². The van der Waals surface area contributed by atoms with Crippen LogP contribution in [0.5, 0.6) is 5.75 Å². The van der Waals surface area contributed by atoms with Crippen LogP contribution in [0.25, 0.3) is 0 Å². The molecule has 126 valence electrons. The van der Waals surface area contributed by atoms with Crippen molar-refractivity contribution in [3.63, 3.8) is 0 Å². The molecular weight excluding hydrogens is 314 g/mol. The van der Waals surface area contributed by atoms with Gasteiger partial charge >= 0.3 is 5.97 Å². The summed E-state index contributed by atoms with van der Waals surface area (Å²) in [5.74, 6) is -0.587. The van der Waals surface area contributed by atoms with Crippen molar-refractivity contribution in [1.29, 1.82) is 0 Å². The second-order valence-corrected chi connectivity index (χ2v) is 4.67. The highest BCUT2D eigenvalue weighted by atomic mass is 35.5. The molecule has 7 nitrogen and oxygen atoms in total. The van der Waals surface area contributed by atoms with Gasteiger partial charge in [-0.1, -0.05) is 12.1 Å². The van der Waals surface area contributed by atoms with Crippen LogP contribution in [0.1, 0.15) is 12.5 Å². The Kier molecular flexibility index (Phi) is 9.71. The summed E-state index contributed by atoms with van der Waals surface area (Å²) in [6.45, 7) is 1.41. The normalized spacial score (nSPS) is 14.5. The molecule has 0 saturated heterocycles. The zero-order valence-corrected chi connectivity index (χ0v) is 13.0. The fourth-order valence-electron chi connectivity index (χ4n) is 1.50. The van der Waals surface area contributed by atoms with Gasteiger partial charge in [0.25, 0.3) is 0 Å². The molecule has 5 N–H and O–H groups in total. The summed E-state index contributed by atoms with van der Waals surface area (Å²) < 4.78 is 10.7. The Hall–Kier alpha value is -1.38. The maximum atomic E-state index is 10.7. The van der Waals surface area contributed by atoms with E-state index in [0.717, 1.165) is 5.56 Å². The van der Waals surface area contributed by atoms with Gasteiger partial charge in [0.15, 0.2) is 0 Å². The van der Waals surface area contributed by atoms with Crippen LogP contribution in [0, 0.1) is 0 Å². The molecule has 0 saturated carbocycles. The van der Waals surface area contributed by atoms with Crippen molar-refractivity contribution in [3.8, 4) is 5.75 Å². The first-order valence-corrected chi connectivity index (χ1v) is 6.54. The molecule has 3 atom stereocenters. The van der Waals surface area contributed by atoms with Crippen molar-refractivity contribution < 1.29 is 29.6 Å². The van der Waals surface area contributed by atoms with E-state index >= 15 is 0 Å². The number of carbonyl (C=O) groups is 1. The van der Waals surface area contributed by atoms with Crippen molar-refractivity contribution >= 4 is 18.4 Å². The van der Waals surface area contributed by atoms with Gasteiger partial charge in [-0.05, 0) is 24.6 Å². The van der Waals surface area contributed by atoms with E-state index in [2.05, 4.69) is 0 Å². The number of benzene rings is 1. The van der Waals surface area contributed by atoms with E-state index in [9.17, 15) is 9.90 Å². The van der Waals surface area contributed by atoms with Crippen LogP contribution in [0.2, 0.25) is 0 Å². The highest BCUT2D eigenvalue weighted by molar-refractivity contribution is 5.85. The molecule has 0 aliphatic rings. The molecule has 0 amide bonds. The van der Waals surface area contributed by atoms with Crippen molar-refractivity contribution in [2.45, 2.75) is 31.8 Å². The van der Waals surface area contributed by atoms with E-state index in [4.69, 9.17) is 25.4 Å². The Bertz CT molecular complexity index is 459. The molecule has 0 spiro atoms. The first-order valence-electron chi connectivity index (χ1n) is 6.54. The summed E-state index contributed by atoms with van der Waals surface area (Å²) in [5, 5.41) is 26.7. The maximum Gasteiger partial charge on any atom is 0.323 e. The van der Waals surface area contributed by atoms with E-state index < -0.39 is 24.2 Å². The summed E-state index contributed by atoms with van der Waals surface area (Å²) in [4.78, 5) is 10.7. The standard InChI is InChI=1S/C14H21NO6.ClH/c1-9(13(15)14(18)19)20-7-10-3-2-4-12(5-10)21-8-11(17)6-16;/h2-5,9,11,13,16-17H,6-8,15H2,1H3,(H,18,19);1H. The lowest BCUT2D eigenvalue weighted by Gasteiger charge is -2.17. The topological polar surface area (TPSA) is 122 Å². The highest BCUT2D eigenvalue weighted by Gasteiger charge is 2.20. The van der Waals surface area contributed by atoms with E-state index in [0.29, 0.717) is 5.75 Å². The number of aliphatic carboxylic acids is 1. The minimum Gasteiger partial charge on any atom is -0.491 e. The van der Waals surface area contributed by atoms with Crippen LogP contribution in [-0.2, 0) is 16.1 Å². The molecule has 8 heteroatoms. The number of halogens is 1. The average Bonchev–Trinajstić information content (AvgIpc) is 2.49. The van der Waals surface area contributed by atoms with Gasteiger partial charge in [0, 0.05) is 0 Å². The first kappa shape index (κ1) is 20.6. The number of rotatable bonds is 9. The monoisotopic (exact) mass is 335 g/mol. The average molecular weight is 336 g/mol. The SMILES string of the molecule is CC(OCc1cccc(OCC(O)CO)c1)C(N)C(=O)O.Cl. The van der Waals surface area contributed by atoms with E-state index in [1.165, 1.54) is 0 Å². The van der Waals surface area contributed by atoms with Gasteiger partial charge in [-0.15, -0.1) is 12.4 Å². The third-order valence-electron chi connectivity index (χ3n) is 2.86. The minimum absolute atomic E-state index is 0. The maximum absolute atomic E-state index is 10.7. The molecular formula is C14H22ClNO6. The van der Waals surface area contributed by atoms with Crippen LogP contribution in [0.3, 0.4) is 0 Å². The summed E-state index contributed by atoms with van der Waals surface area (Å²) >= 11 is 0. The number of hydrogen-bond donors (Lipinski definition) is 4. The molecule has 0 heterocycles. The first-order chi connectivity index (χ1) is 9.93. The van der Waals surface area contributed by atoms with Gasteiger partial charge in [0.2, 0.25) is 0 Å². The smallest absolute Gasteiger partial charge is 0.323 e. The lowest BCUT2D eigenvalue weighted by atomic mass is 10.2. The fourth-order valence-corrected chi connectivity index (χ4v) is 1.50. The summed E-state index contributed by atoms with van der Waals surface area (Å²) in [5.41, 5.74) is 6.24. The predicted molar refractivity (Wildman–Crippen MR) is 82.1 cm³/mol. The van der Waals surface area contributed by atoms with Gasteiger partial charge in [0.1, 0.15) is 24.5 Å². The molecule has 22 heavy (non-hydrogen) atoms. The van der Waals surface area contributed by atoms with Gasteiger partial charge in [-0.3, -0.25) is 4.79 Å². The zero-order valence-electron chi connectivity index (χ0n) is 12.2. The van der Waals surface area contributed by atoms with Gasteiger partial charge in [-0.2, -0.15) is 0 Å². The lowest BCUT2D eigenvalue weighted by molar-refractivity contribution is -0.142. The second kappa shape index (κ2) is 10.4. The summed E-state index contributed by atoms with van der Waals surface area (Å²) in [6.07, 6.45) is -1.55. The van der Waals surface area contributed by atoms with Crippen LogP contribution in [0.15, 0.2) is 24.3 Å². The Morgan fingerprint density at radius 2 is 2.09 bits per heavy atom. The largest absolute Gasteiger partial charge is 0.491 e. The van der Waals surface area contributed by atoms with Crippen LogP contribution in [0.4, 0.5) is 0 Å². The van der Waals surface area contributed by atoms with Gasteiger partial charge in [-0.25, -0.2) is 0 Å². The lowest BCUT2D eigenvalue weighted by Crippen LogP contribution is -2.41. The fraction of sp³-hybridized carbons (Fsp3) is 0.500. The Balaban J connectivity index is 0.00000441. The summed E-state index contributed by atoms with van der Waals surface area (Å²) in [6, 6.07) is 5.89. The highest BCUT2D eigenvalue weighted by Crippen LogP contribution is 2.15. The number of hydrogen-bond acceptors (Lipinski definition) is 6. The number of nitrogens with two attached hydrogens (primary N) is 1. The molecule has 3 unspecified atom stereocenters. The van der Waals surface area contributed by atoms with Crippen LogP contribution < -0.4 is 10.5 Å². The van der Waals surface area contributed by atoms with Gasteiger partial charge < -0.3 is 30.5 Å². The Labute approximate surface area is 135 Å². The molecule has 0 aromatic heterocycles. The number of carboxylic acid groups (broad SMARTS) is 1. The number of aliphatic hydroxyl groups is 2. The zero-order chi connectivity index (χ0) is 15.8. The number of ether oxygens (including phenoxy) is 2. The number of carboxylic acids is 1. The van der Waals surface area contributed by atoms with Crippen molar-refractivity contribution in [3.05, 3.63) is 29.8 Å². The van der Waals surface area contributed by atoms with Crippen molar-refractivity contribution in [2.24, 2.45) is 5.73 Å². The second-order valence-electron chi connectivity index (χ2n) is 4.67. The van der Waals surface area contributed by atoms with Gasteiger partial charge in [0.05, 0.1) is 19.3 Å². The molecule has 1 aromatic carbocycles. The molecule has 0 radical (unpaired) electrons. The molecule has 1 aromatic rings. The number of aliphatic hydroxyl groups excluding tert-OH is 2. The molecule has 0 fully saturated rings. The van der Waals surface area contributed by atoms with Crippen LogP contribution >= 0.6 is 12.4 Å². The predicted octanol–water partition coefficient (Wildman–Crippen LogP) is 0.157. The summed E-state index contributed by atoms with van der Waals surface area (Å²) in [7, 11) is 0. The minimum atomic E-state index is -1.11.